The van der Waals surface area contributed by atoms with Gasteiger partial charge in [0.2, 0.25) is 5.91 Å². The summed E-state index contributed by atoms with van der Waals surface area (Å²) in [6, 6.07) is 10.6. The summed E-state index contributed by atoms with van der Waals surface area (Å²) in [5.41, 5.74) is 3.09. The number of carbonyl (C=O) groups is 1. The van der Waals surface area contributed by atoms with E-state index in [4.69, 9.17) is 0 Å². The molecule has 0 aliphatic carbocycles. The summed E-state index contributed by atoms with van der Waals surface area (Å²) in [4.78, 5) is 15.0. The smallest absolute Gasteiger partial charge is 0.223 e. The van der Waals surface area contributed by atoms with Crippen LogP contribution in [0.15, 0.2) is 30.3 Å². The lowest BCUT2D eigenvalue weighted by molar-refractivity contribution is -0.116. The number of fused-ring (bicyclic) bond motifs is 3. The van der Waals surface area contributed by atoms with Crippen molar-refractivity contribution in [1.82, 2.24) is 10.2 Å². The number of hydrogen-bond donors (Lipinski definition) is 1. The van der Waals surface area contributed by atoms with Crippen LogP contribution in [-0.2, 0) is 4.79 Å². The first-order valence-corrected chi connectivity index (χ1v) is 13.7. The van der Waals surface area contributed by atoms with Crippen LogP contribution >= 0.6 is 0 Å². The average molecular weight is 464 g/mol. The van der Waals surface area contributed by atoms with E-state index in [1.54, 1.807) is 6.92 Å². The molecule has 186 valence electrons. The molecule has 3 rings (SSSR count). The number of aromatic nitrogens is 2. The topological polar surface area (TPSA) is 49.0 Å². The maximum absolute atomic E-state index is 12.9. The van der Waals surface area contributed by atoms with Crippen molar-refractivity contribution < 1.29 is 4.79 Å². The van der Waals surface area contributed by atoms with Crippen LogP contribution in [0.1, 0.15) is 104 Å². The molecule has 0 aliphatic rings. The third-order valence-electron chi connectivity index (χ3n) is 7.29. The van der Waals surface area contributed by atoms with Crippen molar-refractivity contribution in [1.29, 1.82) is 0 Å². The van der Waals surface area contributed by atoms with E-state index in [0.29, 0.717) is 5.92 Å². The van der Waals surface area contributed by atoms with E-state index in [-0.39, 0.29) is 5.91 Å². The van der Waals surface area contributed by atoms with Crippen LogP contribution in [0.3, 0.4) is 0 Å². The molecule has 0 spiro atoms. The van der Waals surface area contributed by atoms with E-state index in [2.05, 4.69) is 61.3 Å². The number of unbranched alkanes of at least 4 members (excludes halogenated alkanes) is 8. The van der Waals surface area contributed by atoms with E-state index in [1.165, 1.54) is 77.0 Å². The Morgan fingerprint density at radius 3 is 2.15 bits per heavy atom. The number of aryl methyl sites for hydroxylation is 1. The van der Waals surface area contributed by atoms with E-state index < -0.39 is 0 Å². The molecular weight excluding hydrogens is 418 g/mol. The molecular formula is C30H45N3O. The summed E-state index contributed by atoms with van der Waals surface area (Å²) >= 11 is 0. The summed E-state index contributed by atoms with van der Waals surface area (Å²) in [6.07, 6.45) is 15.5. The second-order valence-corrected chi connectivity index (χ2v) is 10.1. The molecule has 34 heavy (non-hydrogen) atoms. The van der Waals surface area contributed by atoms with E-state index in [1.807, 2.05) is 4.90 Å². The van der Waals surface area contributed by atoms with Crippen molar-refractivity contribution in [3.8, 4) is 0 Å². The molecule has 1 amide bonds. The molecule has 0 aliphatic heterocycles. The fourth-order valence-electron chi connectivity index (χ4n) is 5.24. The van der Waals surface area contributed by atoms with Gasteiger partial charge in [0.15, 0.2) is 0 Å². The van der Waals surface area contributed by atoms with E-state index >= 15 is 0 Å². The first kappa shape index (κ1) is 26.2. The molecule has 4 nitrogen and oxygen atoms in total. The van der Waals surface area contributed by atoms with Gasteiger partial charge in [-0.2, -0.15) is 5.10 Å². The highest BCUT2D eigenvalue weighted by Crippen LogP contribution is 2.33. The molecule has 1 unspecified atom stereocenters. The predicted octanol–water partition coefficient (Wildman–Crippen LogP) is 8.71. The molecule has 1 aromatic heterocycles. The molecule has 2 aromatic carbocycles. The van der Waals surface area contributed by atoms with Gasteiger partial charge in [0.1, 0.15) is 5.52 Å². The number of nitrogens with zero attached hydrogens (tertiary/aromatic N) is 2. The number of rotatable bonds is 15. The molecule has 3 aromatic rings. The lowest BCUT2D eigenvalue weighted by Crippen LogP contribution is -2.34. The number of aromatic amines is 1. The van der Waals surface area contributed by atoms with Crippen molar-refractivity contribution in [3.05, 3.63) is 36.0 Å². The monoisotopic (exact) mass is 463 g/mol. The van der Waals surface area contributed by atoms with Crippen molar-refractivity contribution in [3.63, 3.8) is 0 Å². The third-order valence-corrected chi connectivity index (χ3v) is 7.29. The van der Waals surface area contributed by atoms with E-state index in [0.717, 1.165) is 39.6 Å². The van der Waals surface area contributed by atoms with E-state index in [9.17, 15) is 4.79 Å². The van der Waals surface area contributed by atoms with Gasteiger partial charge in [-0.15, -0.1) is 0 Å². The van der Waals surface area contributed by atoms with Crippen LogP contribution in [-0.4, -0.2) is 22.6 Å². The van der Waals surface area contributed by atoms with Gasteiger partial charge in [0.05, 0.1) is 5.69 Å². The van der Waals surface area contributed by atoms with Crippen LogP contribution < -0.4 is 4.90 Å². The van der Waals surface area contributed by atoms with Crippen molar-refractivity contribution in [2.24, 2.45) is 5.92 Å². The minimum Gasteiger partial charge on any atom is -0.312 e. The fraction of sp³-hybridized carbons (Fsp3) is 0.600. The van der Waals surface area contributed by atoms with Gasteiger partial charge in [-0.1, -0.05) is 102 Å². The van der Waals surface area contributed by atoms with Gasteiger partial charge in [-0.05, 0) is 31.7 Å². The Kier molecular flexibility index (Phi) is 10.4. The maximum atomic E-state index is 12.9. The Balaban J connectivity index is 1.79. The summed E-state index contributed by atoms with van der Waals surface area (Å²) in [6.45, 7) is 9.12. The fourth-order valence-corrected chi connectivity index (χ4v) is 5.24. The standard InChI is InChI=1S/C30H45N3O/c1-5-7-9-11-12-14-17-25(16-13-10-8-6-2)22-33(24(4)34)29-19-15-18-28-27(29)21-20-26-23(3)31-32-30(26)28/h15,18-21,25H,5-14,16-17,22H2,1-4H3,(H,31,32). The van der Waals surface area contributed by atoms with Crippen LogP contribution in [0.5, 0.6) is 0 Å². The normalized spacial score (nSPS) is 12.5. The van der Waals surface area contributed by atoms with Gasteiger partial charge in [-0.3, -0.25) is 9.89 Å². The highest BCUT2D eigenvalue weighted by molar-refractivity contribution is 6.12. The molecule has 0 saturated carbocycles. The largest absolute Gasteiger partial charge is 0.312 e. The van der Waals surface area contributed by atoms with Crippen molar-refractivity contribution in [2.45, 2.75) is 105 Å². The summed E-state index contributed by atoms with van der Waals surface area (Å²) in [5, 5.41) is 11.0. The first-order valence-electron chi connectivity index (χ1n) is 13.7. The third kappa shape index (κ3) is 6.84. The molecule has 0 radical (unpaired) electrons. The molecule has 1 heterocycles. The second-order valence-electron chi connectivity index (χ2n) is 10.1. The zero-order valence-electron chi connectivity index (χ0n) is 22.0. The Morgan fingerprint density at radius 2 is 1.47 bits per heavy atom. The SMILES string of the molecule is CCCCCCCCC(CCCCCC)CN(C(C)=O)c1cccc2c1ccc1c(C)[nH]nc12. The summed E-state index contributed by atoms with van der Waals surface area (Å²) in [7, 11) is 0. The van der Waals surface area contributed by atoms with Crippen LogP contribution in [0.25, 0.3) is 21.7 Å². The Morgan fingerprint density at radius 1 is 0.853 bits per heavy atom. The number of carbonyl (C=O) groups excluding carboxylic acids is 1. The lowest BCUT2D eigenvalue weighted by Gasteiger charge is -2.28. The Hall–Kier alpha value is -2.36. The van der Waals surface area contributed by atoms with Gasteiger partial charge >= 0.3 is 0 Å². The molecule has 0 bridgehead atoms. The molecule has 1 N–H and O–H groups in total. The first-order chi connectivity index (χ1) is 16.6. The summed E-state index contributed by atoms with van der Waals surface area (Å²) < 4.78 is 0. The van der Waals surface area contributed by atoms with Gasteiger partial charge in [0.25, 0.3) is 0 Å². The maximum Gasteiger partial charge on any atom is 0.223 e. The molecule has 0 fully saturated rings. The zero-order valence-corrected chi connectivity index (χ0v) is 22.0. The molecule has 0 saturated heterocycles. The van der Waals surface area contributed by atoms with Crippen molar-refractivity contribution >= 4 is 33.3 Å². The van der Waals surface area contributed by atoms with Crippen LogP contribution in [0.4, 0.5) is 5.69 Å². The highest BCUT2D eigenvalue weighted by atomic mass is 16.2. The second kappa shape index (κ2) is 13.5. The number of benzene rings is 2. The lowest BCUT2D eigenvalue weighted by atomic mass is 9.93. The Labute approximate surface area is 206 Å². The van der Waals surface area contributed by atoms with Gasteiger partial charge in [0, 0.05) is 35.3 Å². The number of hydrogen-bond acceptors (Lipinski definition) is 2. The average Bonchev–Trinajstić information content (AvgIpc) is 3.22. The van der Waals surface area contributed by atoms with Crippen LogP contribution in [0, 0.1) is 12.8 Å². The zero-order chi connectivity index (χ0) is 24.3. The number of amides is 1. The number of H-pyrrole nitrogens is 1. The Bertz CT molecular complexity index is 1040. The minimum absolute atomic E-state index is 0.132. The highest BCUT2D eigenvalue weighted by Gasteiger charge is 2.20. The van der Waals surface area contributed by atoms with Crippen molar-refractivity contribution in [2.75, 3.05) is 11.4 Å². The van der Waals surface area contributed by atoms with Gasteiger partial charge in [-0.25, -0.2) is 0 Å². The quantitative estimate of drug-likeness (QED) is 0.229. The summed E-state index contributed by atoms with van der Waals surface area (Å²) in [5.74, 6) is 0.686. The molecule has 4 heteroatoms. The predicted molar refractivity (Wildman–Crippen MR) is 147 cm³/mol. The van der Waals surface area contributed by atoms with Gasteiger partial charge < -0.3 is 4.90 Å². The molecule has 1 atom stereocenters. The number of anilines is 1. The van der Waals surface area contributed by atoms with Crippen LogP contribution in [0.2, 0.25) is 0 Å². The minimum atomic E-state index is 0.132. The number of nitrogens with one attached hydrogen (secondary N) is 1.